The zero-order valence-electron chi connectivity index (χ0n) is 15.9. The molecule has 0 unspecified atom stereocenters. The maximum absolute atomic E-state index is 13.4. The van der Waals surface area contributed by atoms with E-state index in [1.807, 2.05) is 6.07 Å². The largest absolute Gasteiger partial charge is 0.325 e. The van der Waals surface area contributed by atoms with Crippen molar-refractivity contribution in [2.45, 2.75) is 22.2 Å². The molecule has 1 spiro atoms. The molecule has 0 bridgehead atoms. The molecule has 1 aromatic heterocycles. The smallest absolute Gasteiger partial charge is 0.271 e. The summed E-state index contributed by atoms with van der Waals surface area (Å²) in [6, 6.07) is 13.8. The Morgan fingerprint density at radius 1 is 1.23 bits per heavy atom. The minimum atomic E-state index is -4.12. The molecule has 156 valence electrons. The fraction of sp³-hybridized carbons (Fsp3) is 0.190. The fourth-order valence-electron chi connectivity index (χ4n) is 4.19. The molecular weight excluding hydrogens is 439 g/mol. The predicted octanol–water partition coefficient (Wildman–Crippen LogP) is 3.13. The third-order valence-corrected chi connectivity index (χ3v) is 9.00. The maximum atomic E-state index is 13.4. The van der Waals surface area contributed by atoms with Crippen LogP contribution in [0.2, 0.25) is 0 Å². The summed E-state index contributed by atoms with van der Waals surface area (Å²) in [4.78, 5) is 17.5. The lowest BCUT2D eigenvalue weighted by molar-refractivity contribution is -0.120. The summed E-state index contributed by atoms with van der Waals surface area (Å²) in [5.74, 6) is -0.701. The molecule has 1 fully saturated rings. The van der Waals surface area contributed by atoms with Gasteiger partial charge in [-0.05, 0) is 35.7 Å². The van der Waals surface area contributed by atoms with Gasteiger partial charge >= 0.3 is 0 Å². The van der Waals surface area contributed by atoms with Gasteiger partial charge in [-0.25, -0.2) is 17.8 Å². The normalized spacial score (nSPS) is 23.0. The summed E-state index contributed by atoms with van der Waals surface area (Å²) in [5, 5.41) is 12.5. The number of thiazole rings is 1. The van der Waals surface area contributed by atoms with Gasteiger partial charge in [-0.3, -0.25) is 4.79 Å². The number of nitrogens with zero attached hydrogens (tertiary/aromatic N) is 3. The number of hydrogen-bond acceptors (Lipinski definition) is 6. The highest BCUT2D eigenvalue weighted by Gasteiger charge is 2.58. The van der Waals surface area contributed by atoms with Crippen LogP contribution in [0.25, 0.3) is 10.4 Å². The van der Waals surface area contributed by atoms with Crippen LogP contribution in [0.4, 0.5) is 10.1 Å². The van der Waals surface area contributed by atoms with Crippen LogP contribution < -0.4 is 5.32 Å². The third kappa shape index (κ3) is 2.96. The second kappa shape index (κ2) is 6.95. The number of nitrogens with one attached hydrogen (secondary N) is 1. The highest BCUT2D eigenvalue weighted by Crippen LogP contribution is 2.47. The van der Waals surface area contributed by atoms with Crippen molar-refractivity contribution in [1.82, 2.24) is 9.29 Å². The van der Waals surface area contributed by atoms with E-state index in [4.69, 9.17) is 0 Å². The van der Waals surface area contributed by atoms with Gasteiger partial charge in [0.15, 0.2) is 0 Å². The third-order valence-electron chi connectivity index (χ3n) is 5.73. The topological polar surface area (TPSA) is 103 Å². The first kappa shape index (κ1) is 19.8. The molecule has 5 rings (SSSR count). The quantitative estimate of drug-likeness (QED) is 0.655. The van der Waals surface area contributed by atoms with E-state index >= 15 is 0 Å². The minimum absolute atomic E-state index is 0.0712. The maximum Gasteiger partial charge on any atom is 0.271 e. The molecule has 2 aromatic carbocycles. The number of sulfonamides is 1. The lowest BCUT2D eigenvalue weighted by Gasteiger charge is -2.21. The number of carbonyl (C=O) groups is 1. The van der Waals surface area contributed by atoms with Crippen LogP contribution in [0.15, 0.2) is 59.1 Å². The number of halogens is 1. The monoisotopic (exact) mass is 454 g/mol. The highest BCUT2D eigenvalue weighted by atomic mass is 32.2. The molecule has 0 saturated carbocycles. The van der Waals surface area contributed by atoms with E-state index in [2.05, 4.69) is 10.3 Å². The minimum Gasteiger partial charge on any atom is -0.325 e. The molecule has 1 N–H and O–H groups in total. The van der Waals surface area contributed by atoms with Gasteiger partial charge in [0, 0.05) is 18.4 Å². The molecule has 10 heteroatoms. The second-order valence-corrected chi connectivity index (χ2v) is 10.6. The van der Waals surface area contributed by atoms with E-state index in [1.165, 1.54) is 18.3 Å². The molecule has 1 amide bonds. The van der Waals surface area contributed by atoms with Crippen LogP contribution in [-0.4, -0.2) is 36.2 Å². The molecular formula is C21H15FN4O3S2. The Kier molecular flexibility index (Phi) is 4.44. The van der Waals surface area contributed by atoms with Crippen molar-refractivity contribution in [2.24, 2.45) is 0 Å². The van der Waals surface area contributed by atoms with Crippen molar-refractivity contribution in [3.8, 4) is 16.5 Å². The highest BCUT2D eigenvalue weighted by molar-refractivity contribution is 7.91. The van der Waals surface area contributed by atoms with Crippen molar-refractivity contribution in [3.63, 3.8) is 0 Å². The SMILES string of the molecule is N#C[C@@H]1C[C@@]2(CN1S(=O)(=O)c1ncc(-c3ccc(F)cc3)s1)C(=O)Nc1ccccc12. The number of fused-ring (bicyclic) bond motifs is 2. The van der Waals surface area contributed by atoms with E-state index in [1.54, 1.807) is 36.4 Å². The van der Waals surface area contributed by atoms with Gasteiger partial charge in [0.25, 0.3) is 10.0 Å². The van der Waals surface area contributed by atoms with Crippen LogP contribution in [0.5, 0.6) is 0 Å². The van der Waals surface area contributed by atoms with E-state index in [0.717, 1.165) is 15.6 Å². The number of benzene rings is 2. The molecule has 2 atom stereocenters. The van der Waals surface area contributed by atoms with Crippen LogP contribution in [-0.2, 0) is 20.2 Å². The summed E-state index contributed by atoms with van der Waals surface area (Å²) >= 11 is 0.942. The zero-order chi connectivity index (χ0) is 21.8. The Hall–Kier alpha value is -3.13. The van der Waals surface area contributed by atoms with Gasteiger partial charge in [0.05, 0.1) is 16.4 Å². The molecule has 3 aromatic rings. The van der Waals surface area contributed by atoms with Crippen molar-refractivity contribution in [2.75, 3.05) is 11.9 Å². The Bertz CT molecular complexity index is 1350. The van der Waals surface area contributed by atoms with Crippen molar-refractivity contribution < 1.29 is 17.6 Å². The molecule has 2 aliphatic rings. The lowest BCUT2D eigenvalue weighted by atomic mass is 9.80. The Morgan fingerprint density at radius 2 is 1.97 bits per heavy atom. The molecule has 2 aliphatic heterocycles. The molecule has 0 radical (unpaired) electrons. The predicted molar refractivity (Wildman–Crippen MR) is 112 cm³/mol. The second-order valence-electron chi connectivity index (χ2n) is 7.48. The van der Waals surface area contributed by atoms with Gasteiger partial charge in [0.2, 0.25) is 10.2 Å². The average molecular weight is 455 g/mol. The standard InChI is InChI=1S/C21H15FN4O3S2/c22-14-7-5-13(6-8-14)18-11-24-20(30-18)31(28,29)26-12-21(9-15(26)10-23)16-3-1-2-4-17(16)25-19(21)27/h1-8,11,15H,9,12H2,(H,25,27)/t15-,21-/m0/s1. The summed E-state index contributed by atoms with van der Waals surface area (Å²) in [6.07, 6.45) is 1.48. The Morgan fingerprint density at radius 3 is 2.71 bits per heavy atom. The number of carbonyl (C=O) groups excluding carboxylic acids is 1. The average Bonchev–Trinajstić information content (AvgIpc) is 3.47. The number of nitriles is 1. The summed E-state index contributed by atoms with van der Waals surface area (Å²) < 4.78 is 40.9. The van der Waals surface area contributed by atoms with Crippen molar-refractivity contribution in [1.29, 1.82) is 5.26 Å². The lowest BCUT2D eigenvalue weighted by Crippen LogP contribution is -2.40. The fourth-order valence-corrected chi connectivity index (χ4v) is 7.06. The first-order chi connectivity index (χ1) is 14.8. The Balaban J connectivity index is 1.52. The number of anilines is 1. The van der Waals surface area contributed by atoms with Gasteiger partial charge in [-0.1, -0.05) is 30.3 Å². The number of aromatic nitrogens is 1. The van der Waals surface area contributed by atoms with Gasteiger partial charge in [0.1, 0.15) is 11.9 Å². The van der Waals surface area contributed by atoms with Crippen molar-refractivity contribution in [3.05, 3.63) is 66.1 Å². The zero-order valence-corrected chi connectivity index (χ0v) is 17.6. The molecule has 7 nitrogen and oxygen atoms in total. The first-order valence-electron chi connectivity index (χ1n) is 9.39. The molecule has 31 heavy (non-hydrogen) atoms. The van der Waals surface area contributed by atoms with Gasteiger partial charge in [-0.15, -0.1) is 11.3 Å². The number of para-hydroxylation sites is 1. The van der Waals surface area contributed by atoms with Gasteiger partial charge in [-0.2, -0.15) is 9.57 Å². The van der Waals surface area contributed by atoms with Crippen LogP contribution in [0, 0.1) is 17.1 Å². The van der Waals surface area contributed by atoms with Crippen LogP contribution in [0.3, 0.4) is 0 Å². The molecule has 1 saturated heterocycles. The van der Waals surface area contributed by atoms with E-state index in [0.29, 0.717) is 21.7 Å². The molecule has 0 aliphatic carbocycles. The summed E-state index contributed by atoms with van der Waals surface area (Å²) in [6.45, 7) is -0.137. The van der Waals surface area contributed by atoms with E-state index < -0.39 is 27.3 Å². The van der Waals surface area contributed by atoms with Crippen LogP contribution >= 0.6 is 11.3 Å². The van der Waals surface area contributed by atoms with Gasteiger partial charge < -0.3 is 5.32 Å². The molecule has 3 heterocycles. The van der Waals surface area contributed by atoms with E-state index in [9.17, 15) is 22.9 Å². The van der Waals surface area contributed by atoms with Crippen LogP contribution in [0.1, 0.15) is 12.0 Å². The number of amides is 1. The Labute approximate surface area is 181 Å². The number of rotatable bonds is 3. The van der Waals surface area contributed by atoms with E-state index in [-0.39, 0.29) is 23.2 Å². The van der Waals surface area contributed by atoms with Crippen molar-refractivity contribution >= 4 is 33.0 Å². The summed E-state index contributed by atoms with van der Waals surface area (Å²) in [7, 11) is -4.12. The first-order valence-corrected chi connectivity index (χ1v) is 11.6. The number of hydrogen-bond donors (Lipinski definition) is 1. The summed E-state index contributed by atoms with van der Waals surface area (Å²) in [5.41, 5.74) is 0.862.